The first-order valence-corrected chi connectivity index (χ1v) is 8.66. The highest BCUT2D eigenvalue weighted by atomic mass is 32.2. The Balaban J connectivity index is 3.16. The van der Waals surface area contributed by atoms with Crippen LogP contribution in [0.2, 0.25) is 0 Å². The van der Waals surface area contributed by atoms with E-state index in [9.17, 15) is 57.1 Å². The van der Waals surface area contributed by atoms with Crippen LogP contribution in [0.3, 0.4) is 0 Å². The van der Waals surface area contributed by atoms with Crippen molar-refractivity contribution >= 4 is 10.9 Å². The smallest absolute Gasteiger partial charge is 0.199 e. The maximum Gasteiger partial charge on any atom is 0.460 e. The van der Waals surface area contributed by atoms with E-state index in [0.29, 0.717) is 24.3 Å². The number of hydrogen-bond acceptors (Lipinski definition) is 0. The zero-order chi connectivity index (χ0) is 20.8. The van der Waals surface area contributed by atoms with Gasteiger partial charge in [-0.3, -0.25) is 0 Å². The van der Waals surface area contributed by atoms with Crippen molar-refractivity contribution in [1.82, 2.24) is 0 Å². The van der Waals surface area contributed by atoms with Crippen molar-refractivity contribution < 1.29 is 57.1 Å². The molecular formula is C12H12F13S+. The third-order valence-electron chi connectivity index (χ3n) is 3.82. The van der Waals surface area contributed by atoms with Gasteiger partial charge in [-0.1, -0.05) is 0 Å². The van der Waals surface area contributed by atoms with Gasteiger partial charge in [-0.15, -0.1) is 0 Å². The highest BCUT2D eigenvalue weighted by molar-refractivity contribution is 7.97. The van der Waals surface area contributed by atoms with Crippen LogP contribution in [0, 0.1) is 0 Å². The molecule has 0 spiro atoms. The summed E-state index contributed by atoms with van der Waals surface area (Å²) in [5.41, 5.74) is 0. The lowest BCUT2D eigenvalue weighted by atomic mass is 9.93. The fraction of sp³-hybridized carbons (Fsp3) is 1.00. The molecule has 0 saturated carbocycles. The Hall–Kier alpha value is -0.560. The first kappa shape index (κ1) is 23.5. The van der Waals surface area contributed by atoms with Crippen LogP contribution in [0.4, 0.5) is 57.1 Å². The first-order valence-electron chi connectivity index (χ1n) is 6.93. The summed E-state index contributed by atoms with van der Waals surface area (Å²) in [6.07, 6.45) is -8.31. The second-order valence-electron chi connectivity index (χ2n) is 5.68. The molecule has 0 atom stereocenters. The Labute approximate surface area is 141 Å². The van der Waals surface area contributed by atoms with Crippen molar-refractivity contribution in [3.05, 3.63) is 0 Å². The second-order valence-corrected chi connectivity index (χ2v) is 8.13. The fourth-order valence-electron chi connectivity index (χ4n) is 2.15. The molecule has 0 unspecified atom stereocenters. The number of alkyl halides is 13. The van der Waals surface area contributed by atoms with E-state index >= 15 is 0 Å². The molecular weight excluding hydrogens is 423 g/mol. The second kappa shape index (κ2) is 6.80. The molecule has 1 aliphatic heterocycles. The Morgan fingerprint density at radius 2 is 0.923 bits per heavy atom. The normalized spacial score (nSPS) is 19.3. The zero-order valence-electron chi connectivity index (χ0n) is 12.6. The van der Waals surface area contributed by atoms with Gasteiger partial charge in [0.15, 0.2) is 0 Å². The molecule has 0 radical (unpaired) electrons. The van der Waals surface area contributed by atoms with E-state index in [2.05, 4.69) is 0 Å². The van der Waals surface area contributed by atoms with Crippen molar-refractivity contribution in [3.8, 4) is 0 Å². The van der Waals surface area contributed by atoms with E-state index in [1.165, 1.54) is 0 Å². The lowest BCUT2D eigenvalue weighted by Crippen LogP contribution is -2.70. The molecule has 1 heterocycles. The Kier molecular flexibility index (Phi) is 6.14. The SMILES string of the molecule is FC(F)(F)C(F)(F)C(F)(F)C(F)(F)C(F)(F)C(F)(F)CC[S+]1CCCC1. The Bertz CT molecular complexity index is 490. The summed E-state index contributed by atoms with van der Waals surface area (Å²) in [4.78, 5) is 0. The summed E-state index contributed by atoms with van der Waals surface area (Å²) in [6.45, 7) is 0. The topological polar surface area (TPSA) is 0 Å². The fourth-order valence-corrected chi connectivity index (χ4v) is 4.53. The van der Waals surface area contributed by atoms with Gasteiger partial charge in [-0.2, -0.15) is 57.1 Å². The van der Waals surface area contributed by atoms with Crippen LogP contribution in [0.25, 0.3) is 0 Å². The molecule has 0 nitrogen and oxygen atoms in total. The maximum atomic E-state index is 13.5. The van der Waals surface area contributed by atoms with E-state index in [0.717, 1.165) is 0 Å². The summed E-state index contributed by atoms with van der Waals surface area (Å²) in [6, 6.07) is 0. The van der Waals surface area contributed by atoms with Gasteiger partial charge in [0.2, 0.25) is 0 Å². The highest BCUT2D eigenvalue weighted by Gasteiger charge is 2.90. The van der Waals surface area contributed by atoms with Crippen molar-refractivity contribution in [2.75, 3.05) is 17.3 Å². The molecule has 1 fully saturated rings. The largest absolute Gasteiger partial charge is 0.460 e. The monoisotopic (exact) mass is 435 g/mol. The third kappa shape index (κ3) is 3.58. The maximum absolute atomic E-state index is 13.5. The van der Waals surface area contributed by atoms with E-state index in [-0.39, 0.29) is 0 Å². The summed E-state index contributed by atoms with van der Waals surface area (Å²) in [5.74, 6) is -36.3. The van der Waals surface area contributed by atoms with Gasteiger partial charge >= 0.3 is 35.8 Å². The predicted molar refractivity (Wildman–Crippen MR) is 66.6 cm³/mol. The molecule has 0 amide bonds. The number of hydrogen-bond donors (Lipinski definition) is 0. The average Bonchev–Trinajstić information content (AvgIpc) is 2.96. The van der Waals surface area contributed by atoms with Gasteiger partial charge in [0.1, 0.15) is 17.3 Å². The van der Waals surface area contributed by atoms with Crippen LogP contribution in [-0.2, 0) is 10.9 Å². The van der Waals surface area contributed by atoms with Crippen LogP contribution in [0.5, 0.6) is 0 Å². The minimum absolute atomic E-state index is 0.320. The van der Waals surface area contributed by atoms with Crippen molar-refractivity contribution in [2.45, 2.75) is 55.1 Å². The predicted octanol–water partition coefficient (Wildman–Crippen LogP) is 5.53. The number of halogens is 13. The van der Waals surface area contributed by atoms with Crippen LogP contribution in [-0.4, -0.2) is 53.0 Å². The first-order chi connectivity index (χ1) is 11.3. The van der Waals surface area contributed by atoms with Crippen LogP contribution in [0.1, 0.15) is 19.3 Å². The van der Waals surface area contributed by atoms with Gasteiger partial charge in [0.05, 0.1) is 6.42 Å². The Morgan fingerprint density at radius 1 is 0.538 bits per heavy atom. The van der Waals surface area contributed by atoms with Crippen LogP contribution >= 0.6 is 0 Å². The molecule has 26 heavy (non-hydrogen) atoms. The molecule has 0 aromatic rings. The molecule has 0 aromatic heterocycles. The lowest BCUT2D eigenvalue weighted by molar-refractivity contribution is -0.439. The standard InChI is InChI=1S/C12H12F13S/c13-7(14,3-6-26-4-1-2-5-26)8(15,16)9(17,18)10(19,20)11(21,22)12(23,24)25/h1-6H2/q+1. The quantitative estimate of drug-likeness (QED) is 0.365. The van der Waals surface area contributed by atoms with Crippen LogP contribution < -0.4 is 0 Å². The summed E-state index contributed by atoms with van der Waals surface area (Å²) in [5, 5.41) is 0. The van der Waals surface area contributed by atoms with E-state index < -0.39 is 58.9 Å². The molecule has 1 rings (SSSR count). The molecule has 1 aliphatic rings. The van der Waals surface area contributed by atoms with Gasteiger partial charge in [0.25, 0.3) is 0 Å². The molecule has 1 saturated heterocycles. The summed E-state index contributed by atoms with van der Waals surface area (Å²) < 4.78 is 167. The van der Waals surface area contributed by atoms with E-state index in [4.69, 9.17) is 0 Å². The lowest BCUT2D eigenvalue weighted by Gasteiger charge is -2.39. The van der Waals surface area contributed by atoms with Gasteiger partial charge in [-0.05, 0) is 23.7 Å². The molecule has 0 N–H and O–H groups in total. The average molecular weight is 435 g/mol. The van der Waals surface area contributed by atoms with E-state index in [1.807, 2.05) is 0 Å². The van der Waals surface area contributed by atoms with Gasteiger partial charge in [-0.25, -0.2) is 0 Å². The zero-order valence-corrected chi connectivity index (χ0v) is 13.4. The summed E-state index contributed by atoms with van der Waals surface area (Å²) in [7, 11) is -0.862. The minimum atomic E-state index is -7.80. The van der Waals surface area contributed by atoms with Crippen molar-refractivity contribution in [2.24, 2.45) is 0 Å². The highest BCUT2D eigenvalue weighted by Crippen LogP contribution is 2.60. The van der Waals surface area contributed by atoms with Gasteiger partial charge in [0, 0.05) is 0 Å². The minimum Gasteiger partial charge on any atom is -0.199 e. The van der Waals surface area contributed by atoms with Crippen molar-refractivity contribution in [3.63, 3.8) is 0 Å². The number of rotatable bonds is 7. The van der Waals surface area contributed by atoms with E-state index in [1.54, 1.807) is 0 Å². The molecule has 0 aliphatic carbocycles. The Morgan fingerprint density at radius 3 is 1.31 bits per heavy atom. The molecule has 156 valence electrons. The summed E-state index contributed by atoms with van der Waals surface area (Å²) >= 11 is 0. The molecule has 14 heteroatoms. The van der Waals surface area contributed by atoms with Gasteiger partial charge < -0.3 is 0 Å². The third-order valence-corrected chi connectivity index (χ3v) is 6.33. The molecule has 0 bridgehead atoms. The van der Waals surface area contributed by atoms with Crippen molar-refractivity contribution in [1.29, 1.82) is 0 Å². The van der Waals surface area contributed by atoms with Crippen LogP contribution in [0.15, 0.2) is 0 Å². The molecule has 0 aromatic carbocycles.